The first kappa shape index (κ1) is 10.8. The Bertz CT molecular complexity index is 329. The summed E-state index contributed by atoms with van der Waals surface area (Å²) in [6, 6.07) is 3.17. The molecule has 0 N–H and O–H groups in total. The number of halogens is 3. The highest BCUT2D eigenvalue weighted by molar-refractivity contribution is 9.10. The topological polar surface area (TPSA) is 26.3 Å². The van der Waals surface area contributed by atoms with Crippen molar-refractivity contribution in [2.24, 2.45) is 0 Å². The predicted octanol–water partition coefficient (Wildman–Crippen LogP) is 3.54. The highest BCUT2D eigenvalue weighted by Gasteiger charge is 2.15. The van der Waals surface area contributed by atoms with Crippen molar-refractivity contribution in [1.29, 1.82) is 0 Å². The standard InChI is InChI=1S/C8H5BrCl2O2/c1-13-8(12)7-5(10)2-4(9)3-6(7)11/h2-3H,1H3. The van der Waals surface area contributed by atoms with Gasteiger partial charge in [-0.15, -0.1) is 0 Å². The Morgan fingerprint density at radius 2 is 1.85 bits per heavy atom. The third kappa shape index (κ3) is 2.36. The van der Waals surface area contributed by atoms with Gasteiger partial charge in [-0.25, -0.2) is 4.79 Å². The van der Waals surface area contributed by atoms with Gasteiger partial charge in [0.25, 0.3) is 0 Å². The van der Waals surface area contributed by atoms with Gasteiger partial charge in [0.05, 0.1) is 22.7 Å². The largest absolute Gasteiger partial charge is 0.465 e. The number of methoxy groups -OCH3 is 1. The second-order valence-electron chi connectivity index (χ2n) is 2.24. The summed E-state index contributed by atoms with van der Waals surface area (Å²) in [7, 11) is 1.27. The summed E-state index contributed by atoms with van der Waals surface area (Å²) in [5.41, 5.74) is 0.189. The molecule has 0 bridgehead atoms. The van der Waals surface area contributed by atoms with E-state index >= 15 is 0 Å². The molecule has 0 atom stereocenters. The predicted molar refractivity (Wildman–Crippen MR) is 55.5 cm³/mol. The molecule has 0 heterocycles. The highest BCUT2D eigenvalue weighted by atomic mass is 79.9. The van der Waals surface area contributed by atoms with E-state index < -0.39 is 5.97 Å². The van der Waals surface area contributed by atoms with Crippen molar-refractivity contribution in [2.75, 3.05) is 7.11 Å². The van der Waals surface area contributed by atoms with Crippen LogP contribution in [0.5, 0.6) is 0 Å². The Kier molecular flexibility index (Phi) is 3.59. The van der Waals surface area contributed by atoms with Crippen LogP contribution in [0.25, 0.3) is 0 Å². The van der Waals surface area contributed by atoms with Crippen molar-refractivity contribution < 1.29 is 9.53 Å². The normalized spacial score (nSPS) is 9.85. The molecule has 1 aromatic carbocycles. The van der Waals surface area contributed by atoms with Crippen LogP contribution < -0.4 is 0 Å². The van der Waals surface area contributed by atoms with Crippen molar-refractivity contribution in [2.45, 2.75) is 0 Å². The lowest BCUT2D eigenvalue weighted by Crippen LogP contribution is -2.02. The third-order valence-corrected chi connectivity index (χ3v) is 2.45. The van der Waals surface area contributed by atoms with Gasteiger partial charge in [0, 0.05) is 4.47 Å². The average molecular weight is 284 g/mol. The van der Waals surface area contributed by atoms with E-state index in [2.05, 4.69) is 20.7 Å². The summed E-state index contributed by atoms with van der Waals surface area (Å²) >= 11 is 14.8. The first-order chi connectivity index (χ1) is 6.06. The van der Waals surface area contributed by atoms with Gasteiger partial charge in [0.2, 0.25) is 0 Å². The molecule has 2 nitrogen and oxygen atoms in total. The molecule has 0 spiro atoms. The molecule has 0 aliphatic rings. The minimum absolute atomic E-state index is 0.189. The van der Waals surface area contributed by atoms with Gasteiger partial charge < -0.3 is 4.74 Å². The lowest BCUT2D eigenvalue weighted by Gasteiger charge is -2.04. The van der Waals surface area contributed by atoms with E-state index in [-0.39, 0.29) is 15.6 Å². The van der Waals surface area contributed by atoms with Crippen LogP contribution in [-0.4, -0.2) is 13.1 Å². The zero-order chi connectivity index (χ0) is 10.0. The van der Waals surface area contributed by atoms with Crippen LogP contribution in [0.2, 0.25) is 10.0 Å². The van der Waals surface area contributed by atoms with E-state index in [9.17, 15) is 4.79 Å². The maximum atomic E-state index is 11.2. The van der Waals surface area contributed by atoms with Crippen molar-refractivity contribution in [3.05, 3.63) is 32.2 Å². The number of rotatable bonds is 1. The maximum Gasteiger partial charge on any atom is 0.340 e. The van der Waals surface area contributed by atoms with Crippen LogP contribution >= 0.6 is 39.1 Å². The summed E-state index contributed by atoms with van der Waals surface area (Å²) < 4.78 is 5.23. The lowest BCUT2D eigenvalue weighted by molar-refractivity contribution is 0.0601. The van der Waals surface area contributed by atoms with Gasteiger partial charge in [-0.3, -0.25) is 0 Å². The van der Waals surface area contributed by atoms with Crippen LogP contribution in [0.1, 0.15) is 10.4 Å². The molecule has 0 amide bonds. The van der Waals surface area contributed by atoms with E-state index in [0.717, 1.165) is 4.47 Å². The molecule has 13 heavy (non-hydrogen) atoms. The summed E-state index contributed by atoms with van der Waals surface area (Å²) in [6.07, 6.45) is 0. The smallest absolute Gasteiger partial charge is 0.340 e. The van der Waals surface area contributed by atoms with Crippen LogP contribution in [0.4, 0.5) is 0 Å². The SMILES string of the molecule is COC(=O)c1c(Cl)cc(Br)cc1Cl. The fourth-order valence-electron chi connectivity index (χ4n) is 0.839. The number of carbonyl (C=O) groups excluding carboxylic acids is 1. The molecular weight excluding hydrogens is 279 g/mol. The molecule has 0 unspecified atom stereocenters. The van der Waals surface area contributed by atoms with Gasteiger partial charge in [-0.05, 0) is 12.1 Å². The van der Waals surface area contributed by atoms with Crippen LogP contribution in [0.15, 0.2) is 16.6 Å². The summed E-state index contributed by atoms with van der Waals surface area (Å²) in [5, 5.41) is 0.539. The third-order valence-electron chi connectivity index (χ3n) is 1.40. The zero-order valence-corrected chi connectivity index (χ0v) is 9.70. The Morgan fingerprint density at radius 1 is 1.38 bits per heavy atom. The van der Waals surface area contributed by atoms with Crippen molar-refractivity contribution in [3.63, 3.8) is 0 Å². The van der Waals surface area contributed by atoms with Crippen LogP contribution in [0.3, 0.4) is 0 Å². The number of benzene rings is 1. The van der Waals surface area contributed by atoms with Gasteiger partial charge in [0.1, 0.15) is 0 Å². The fourth-order valence-corrected chi connectivity index (χ4v) is 2.20. The van der Waals surface area contributed by atoms with E-state index in [4.69, 9.17) is 23.2 Å². The molecule has 70 valence electrons. The monoisotopic (exact) mass is 282 g/mol. The highest BCUT2D eigenvalue weighted by Crippen LogP contribution is 2.29. The number of hydrogen-bond acceptors (Lipinski definition) is 2. The number of hydrogen-bond donors (Lipinski definition) is 0. The first-order valence-electron chi connectivity index (χ1n) is 3.29. The molecule has 0 saturated heterocycles. The molecule has 5 heteroatoms. The van der Waals surface area contributed by atoms with E-state index in [1.807, 2.05) is 0 Å². The minimum atomic E-state index is -0.539. The molecule has 0 aromatic heterocycles. The molecule has 0 aliphatic heterocycles. The van der Waals surface area contributed by atoms with Crippen molar-refractivity contribution >= 4 is 45.1 Å². The lowest BCUT2D eigenvalue weighted by atomic mass is 10.2. The zero-order valence-electron chi connectivity index (χ0n) is 6.61. The van der Waals surface area contributed by atoms with Gasteiger partial charge >= 0.3 is 5.97 Å². The Balaban J connectivity index is 3.28. The molecule has 0 aliphatic carbocycles. The molecular formula is C8H5BrCl2O2. The molecule has 0 saturated carbocycles. The second-order valence-corrected chi connectivity index (χ2v) is 3.97. The van der Waals surface area contributed by atoms with Crippen molar-refractivity contribution in [1.82, 2.24) is 0 Å². The fraction of sp³-hybridized carbons (Fsp3) is 0.125. The van der Waals surface area contributed by atoms with Crippen molar-refractivity contribution in [3.8, 4) is 0 Å². The quantitative estimate of drug-likeness (QED) is 0.737. The maximum absolute atomic E-state index is 11.2. The Hall–Kier alpha value is -0.250. The molecule has 0 radical (unpaired) electrons. The Labute approximate surface area is 93.9 Å². The summed E-state index contributed by atoms with van der Waals surface area (Å²) in [4.78, 5) is 11.2. The number of esters is 1. The Morgan fingerprint density at radius 3 is 2.23 bits per heavy atom. The van der Waals surface area contributed by atoms with Gasteiger partial charge in [-0.1, -0.05) is 39.1 Å². The number of carbonyl (C=O) groups is 1. The second kappa shape index (κ2) is 4.31. The summed E-state index contributed by atoms with van der Waals surface area (Å²) in [6.45, 7) is 0. The van der Waals surface area contributed by atoms with Crippen LogP contribution in [-0.2, 0) is 4.74 Å². The molecule has 1 rings (SSSR count). The molecule has 1 aromatic rings. The van der Waals surface area contributed by atoms with E-state index in [1.165, 1.54) is 7.11 Å². The van der Waals surface area contributed by atoms with Crippen LogP contribution in [0, 0.1) is 0 Å². The van der Waals surface area contributed by atoms with E-state index in [1.54, 1.807) is 12.1 Å². The molecule has 0 fully saturated rings. The average Bonchev–Trinajstić information content (AvgIpc) is 2.02. The van der Waals surface area contributed by atoms with Gasteiger partial charge in [-0.2, -0.15) is 0 Å². The first-order valence-corrected chi connectivity index (χ1v) is 4.84. The minimum Gasteiger partial charge on any atom is -0.465 e. The van der Waals surface area contributed by atoms with E-state index in [0.29, 0.717) is 0 Å². The van der Waals surface area contributed by atoms with Gasteiger partial charge in [0.15, 0.2) is 0 Å². The summed E-state index contributed by atoms with van der Waals surface area (Å²) in [5.74, 6) is -0.539. The number of ether oxygens (including phenoxy) is 1.